The maximum Gasteiger partial charge on any atom is 0.225 e. The lowest BCUT2D eigenvalue weighted by Crippen LogP contribution is -2.47. The average molecular weight is 288 g/mol. The molecule has 0 aromatic rings. The molecule has 0 aliphatic carbocycles. The SMILES string of the molecule is CC(=O)N1CCC[C@@H](C(=O)N[C@@H]2CCS(=O)(=O)C2)C1. The number of sulfone groups is 1. The van der Waals surface area contributed by atoms with Gasteiger partial charge in [0, 0.05) is 26.1 Å². The number of nitrogens with zero attached hydrogens (tertiary/aromatic N) is 1. The van der Waals surface area contributed by atoms with Crippen LogP contribution in [-0.4, -0.2) is 55.8 Å². The van der Waals surface area contributed by atoms with Crippen molar-refractivity contribution in [3.8, 4) is 0 Å². The Bertz CT molecular complexity index is 474. The van der Waals surface area contributed by atoms with Crippen molar-refractivity contribution in [3.05, 3.63) is 0 Å². The highest BCUT2D eigenvalue weighted by atomic mass is 32.2. The molecule has 1 N–H and O–H groups in total. The van der Waals surface area contributed by atoms with Crippen LogP contribution in [0.2, 0.25) is 0 Å². The van der Waals surface area contributed by atoms with Crippen molar-refractivity contribution >= 4 is 21.7 Å². The van der Waals surface area contributed by atoms with Crippen molar-refractivity contribution in [3.63, 3.8) is 0 Å². The molecule has 0 bridgehead atoms. The minimum absolute atomic E-state index is 0.0130. The van der Waals surface area contributed by atoms with Gasteiger partial charge in [-0.2, -0.15) is 0 Å². The fourth-order valence-electron chi connectivity index (χ4n) is 2.71. The molecule has 108 valence electrons. The maximum atomic E-state index is 12.1. The molecule has 19 heavy (non-hydrogen) atoms. The van der Waals surface area contributed by atoms with Gasteiger partial charge in [-0.25, -0.2) is 8.42 Å². The summed E-state index contributed by atoms with van der Waals surface area (Å²) in [5.74, 6) is -0.140. The van der Waals surface area contributed by atoms with Crippen molar-refractivity contribution in [1.29, 1.82) is 0 Å². The molecule has 0 spiro atoms. The lowest BCUT2D eigenvalue weighted by molar-refractivity contribution is -0.134. The van der Waals surface area contributed by atoms with E-state index in [1.807, 2.05) is 0 Å². The topological polar surface area (TPSA) is 83.6 Å². The first-order valence-corrected chi connectivity index (χ1v) is 8.46. The summed E-state index contributed by atoms with van der Waals surface area (Å²) in [6.07, 6.45) is 2.08. The highest BCUT2D eigenvalue weighted by molar-refractivity contribution is 7.91. The Morgan fingerprint density at radius 2 is 2.00 bits per heavy atom. The van der Waals surface area contributed by atoms with Crippen LogP contribution < -0.4 is 5.32 Å². The average Bonchev–Trinajstić information content (AvgIpc) is 2.68. The number of hydrogen-bond donors (Lipinski definition) is 1. The third-order valence-corrected chi connectivity index (χ3v) is 5.58. The van der Waals surface area contributed by atoms with Crippen LogP contribution in [0.1, 0.15) is 26.2 Å². The van der Waals surface area contributed by atoms with Gasteiger partial charge in [0.15, 0.2) is 9.84 Å². The summed E-state index contributed by atoms with van der Waals surface area (Å²) >= 11 is 0. The van der Waals surface area contributed by atoms with Crippen molar-refractivity contribution in [2.75, 3.05) is 24.6 Å². The quantitative estimate of drug-likeness (QED) is 0.746. The van der Waals surface area contributed by atoms with Crippen molar-refractivity contribution in [2.24, 2.45) is 5.92 Å². The predicted molar refractivity (Wildman–Crippen MR) is 70.2 cm³/mol. The highest BCUT2D eigenvalue weighted by Crippen LogP contribution is 2.18. The van der Waals surface area contributed by atoms with E-state index in [2.05, 4.69) is 5.32 Å². The molecular formula is C12H20N2O4S. The second-order valence-electron chi connectivity index (χ2n) is 5.41. The van der Waals surface area contributed by atoms with Crippen LogP contribution in [0.3, 0.4) is 0 Å². The number of piperidine rings is 1. The standard InChI is InChI=1S/C12H20N2O4S/c1-9(15)14-5-2-3-10(7-14)12(16)13-11-4-6-19(17,18)8-11/h10-11H,2-8H2,1H3,(H,13,16)/t10-,11-/m1/s1. The lowest BCUT2D eigenvalue weighted by Gasteiger charge is -2.31. The van der Waals surface area contributed by atoms with Crippen molar-refractivity contribution in [2.45, 2.75) is 32.2 Å². The van der Waals surface area contributed by atoms with Gasteiger partial charge in [0.25, 0.3) is 0 Å². The second-order valence-corrected chi connectivity index (χ2v) is 7.64. The third kappa shape index (κ3) is 3.68. The van der Waals surface area contributed by atoms with Gasteiger partial charge < -0.3 is 10.2 Å². The lowest BCUT2D eigenvalue weighted by atomic mass is 9.96. The van der Waals surface area contributed by atoms with E-state index in [4.69, 9.17) is 0 Å². The molecule has 0 aromatic carbocycles. The van der Waals surface area contributed by atoms with E-state index in [1.54, 1.807) is 4.90 Å². The van der Waals surface area contributed by atoms with Crippen LogP contribution in [0, 0.1) is 5.92 Å². The summed E-state index contributed by atoms with van der Waals surface area (Å²) in [5.41, 5.74) is 0. The van der Waals surface area contributed by atoms with Gasteiger partial charge in [-0.15, -0.1) is 0 Å². The van der Waals surface area contributed by atoms with E-state index in [1.165, 1.54) is 6.92 Å². The molecule has 2 atom stereocenters. The van der Waals surface area contributed by atoms with Gasteiger partial charge in [0.2, 0.25) is 11.8 Å². The minimum atomic E-state index is -2.98. The molecule has 2 aliphatic rings. The Hall–Kier alpha value is -1.11. The van der Waals surface area contributed by atoms with Gasteiger partial charge in [0.1, 0.15) is 0 Å². The molecule has 0 saturated carbocycles. The van der Waals surface area contributed by atoms with Gasteiger partial charge >= 0.3 is 0 Å². The van der Waals surface area contributed by atoms with Gasteiger partial charge in [-0.05, 0) is 19.3 Å². The zero-order valence-corrected chi connectivity index (χ0v) is 11.9. The number of carbonyl (C=O) groups is 2. The molecule has 2 aliphatic heterocycles. The molecule has 2 heterocycles. The van der Waals surface area contributed by atoms with E-state index >= 15 is 0 Å². The van der Waals surface area contributed by atoms with Crippen molar-refractivity contribution in [1.82, 2.24) is 10.2 Å². The molecule has 2 rings (SSSR count). The maximum absolute atomic E-state index is 12.1. The van der Waals surface area contributed by atoms with E-state index in [0.717, 1.165) is 12.8 Å². The first-order chi connectivity index (χ1) is 8.87. The first kappa shape index (κ1) is 14.3. The summed E-state index contributed by atoms with van der Waals surface area (Å²) in [7, 11) is -2.98. The van der Waals surface area contributed by atoms with E-state index in [-0.39, 0.29) is 35.3 Å². The molecule has 2 fully saturated rings. The zero-order chi connectivity index (χ0) is 14.0. The van der Waals surface area contributed by atoms with Crippen LogP contribution in [0.5, 0.6) is 0 Å². The van der Waals surface area contributed by atoms with Gasteiger partial charge in [-0.3, -0.25) is 9.59 Å². The Kier molecular flexibility index (Phi) is 4.13. The molecule has 6 nitrogen and oxygen atoms in total. The van der Waals surface area contributed by atoms with Gasteiger partial charge in [0.05, 0.1) is 17.4 Å². The molecule has 0 unspecified atom stereocenters. The molecule has 0 aromatic heterocycles. The number of carbonyl (C=O) groups excluding carboxylic acids is 2. The molecule has 0 radical (unpaired) electrons. The Labute approximate surface area is 113 Å². The second kappa shape index (κ2) is 5.48. The van der Waals surface area contributed by atoms with Gasteiger partial charge in [-0.1, -0.05) is 0 Å². The summed E-state index contributed by atoms with van der Waals surface area (Å²) in [6.45, 7) is 2.65. The number of nitrogens with one attached hydrogen (secondary N) is 1. The Morgan fingerprint density at radius 1 is 1.26 bits per heavy atom. The molecule has 7 heteroatoms. The number of rotatable bonds is 2. The zero-order valence-electron chi connectivity index (χ0n) is 11.1. The summed E-state index contributed by atoms with van der Waals surface area (Å²) in [5, 5.41) is 2.81. The smallest absolute Gasteiger partial charge is 0.225 e. The first-order valence-electron chi connectivity index (χ1n) is 6.64. The van der Waals surface area contributed by atoms with E-state index < -0.39 is 9.84 Å². The summed E-state index contributed by atoms with van der Waals surface area (Å²) in [4.78, 5) is 25.1. The number of likely N-dealkylation sites (tertiary alicyclic amines) is 1. The van der Waals surface area contributed by atoms with Crippen LogP contribution in [0.15, 0.2) is 0 Å². The molecule has 2 amide bonds. The van der Waals surface area contributed by atoms with Crippen molar-refractivity contribution < 1.29 is 18.0 Å². The largest absolute Gasteiger partial charge is 0.352 e. The van der Waals surface area contributed by atoms with Crippen LogP contribution in [-0.2, 0) is 19.4 Å². The Balaban J connectivity index is 1.88. The molecular weight excluding hydrogens is 268 g/mol. The third-order valence-electron chi connectivity index (χ3n) is 3.82. The Morgan fingerprint density at radius 3 is 2.58 bits per heavy atom. The number of hydrogen-bond acceptors (Lipinski definition) is 4. The summed E-state index contributed by atoms with van der Waals surface area (Å²) < 4.78 is 22.7. The monoisotopic (exact) mass is 288 g/mol. The summed E-state index contributed by atoms with van der Waals surface area (Å²) in [6, 6.07) is -0.259. The minimum Gasteiger partial charge on any atom is -0.352 e. The fraction of sp³-hybridized carbons (Fsp3) is 0.833. The fourth-order valence-corrected chi connectivity index (χ4v) is 4.38. The van der Waals surface area contributed by atoms with Crippen LogP contribution in [0.4, 0.5) is 0 Å². The normalized spacial score (nSPS) is 30.1. The van der Waals surface area contributed by atoms with E-state index in [9.17, 15) is 18.0 Å². The van der Waals surface area contributed by atoms with E-state index in [0.29, 0.717) is 19.5 Å². The molecule has 2 saturated heterocycles. The predicted octanol–water partition coefficient (Wildman–Crippen LogP) is -0.452. The highest BCUT2D eigenvalue weighted by Gasteiger charge is 2.32. The number of amides is 2. The van der Waals surface area contributed by atoms with Crippen LogP contribution in [0.25, 0.3) is 0 Å². The van der Waals surface area contributed by atoms with Crippen LogP contribution >= 0.6 is 0 Å².